The van der Waals surface area contributed by atoms with E-state index in [1.54, 1.807) is 0 Å². The number of nitro groups is 1. The number of halogens is 1. The lowest BCUT2D eigenvalue weighted by Crippen LogP contribution is -2.06. The molecule has 1 aromatic carbocycles. The van der Waals surface area contributed by atoms with E-state index in [1.807, 2.05) is 0 Å². The molecule has 0 aliphatic rings. The minimum absolute atomic E-state index is 0.0376. The molecule has 110 valence electrons. The van der Waals surface area contributed by atoms with Crippen molar-refractivity contribution in [1.29, 1.82) is 0 Å². The number of nitrogens with zero attached hydrogens (tertiary/aromatic N) is 1. The molecule has 0 amide bonds. The first-order valence-electron chi connectivity index (χ1n) is 5.93. The summed E-state index contributed by atoms with van der Waals surface area (Å²) in [5.74, 6) is -1.67. The van der Waals surface area contributed by atoms with Crippen molar-refractivity contribution >= 4 is 17.3 Å². The van der Waals surface area contributed by atoms with Gasteiger partial charge in [0.25, 0.3) is 0 Å². The van der Waals surface area contributed by atoms with Gasteiger partial charge in [-0.2, -0.15) is 0 Å². The van der Waals surface area contributed by atoms with Crippen molar-refractivity contribution in [2.75, 3.05) is 19.0 Å². The van der Waals surface area contributed by atoms with Gasteiger partial charge in [-0.15, -0.1) is 0 Å². The van der Waals surface area contributed by atoms with Crippen LogP contribution in [-0.2, 0) is 4.79 Å². The van der Waals surface area contributed by atoms with Crippen molar-refractivity contribution in [1.82, 2.24) is 0 Å². The molecule has 7 nitrogen and oxygen atoms in total. The minimum Gasteiger partial charge on any atom is -0.490 e. The number of carboxylic acid groups (broad SMARTS) is 1. The molecule has 8 heteroatoms. The Morgan fingerprint density at radius 1 is 1.50 bits per heavy atom. The van der Waals surface area contributed by atoms with Gasteiger partial charge >= 0.3 is 11.7 Å². The molecule has 2 N–H and O–H groups in total. The van der Waals surface area contributed by atoms with E-state index in [9.17, 15) is 19.3 Å². The molecule has 0 saturated carbocycles. The second kappa shape index (κ2) is 7.27. The summed E-state index contributed by atoms with van der Waals surface area (Å²) in [6.45, 7) is 0.366. The van der Waals surface area contributed by atoms with E-state index in [0.717, 1.165) is 6.07 Å². The van der Waals surface area contributed by atoms with Gasteiger partial charge in [0.05, 0.1) is 23.8 Å². The van der Waals surface area contributed by atoms with Gasteiger partial charge in [0.15, 0.2) is 11.6 Å². The topological polar surface area (TPSA) is 102 Å². The molecule has 0 aliphatic carbocycles. The molecule has 0 saturated heterocycles. The molecular weight excluding hydrogens is 271 g/mol. The number of methoxy groups -OCH3 is 1. The van der Waals surface area contributed by atoms with Crippen LogP contribution in [0.4, 0.5) is 15.8 Å². The van der Waals surface area contributed by atoms with Gasteiger partial charge in [-0.05, 0) is 12.8 Å². The normalized spacial score (nSPS) is 10.1. The predicted octanol–water partition coefficient (Wildman–Crippen LogP) is 2.41. The predicted molar refractivity (Wildman–Crippen MR) is 69.6 cm³/mol. The Morgan fingerprint density at radius 3 is 2.75 bits per heavy atom. The summed E-state index contributed by atoms with van der Waals surface area (Å²) >= 11 is 0. The monoisotopic (exact) mass is 286 g/mol. The van der Waals surface area contributed by atoms with Gasteiger partial charge in [-0.1, -0.05) is 0 Å². The highest BCUT2D eigenvalue weighted by molar-refractivity contribution is 5.66. The highest BCUT2D eigenvalue weighted by Gasteiger charge is 2.18. The van der Waals surface area contributed by atoms with Crippen LogP contribution in [0.2, 0.25) is 0 Å². The molecule has 0 heterocycles. The van der Waals surface area contributed by atoms with Gasteiger partial charge in [-0.3, -0.25) is 14.9 Å². The first-order valence-corrected chi connectivity index (χ1v) is 5.93. The minimum atomic E-state index is -0.881. The van der Waals surface area contributed by atoms with Crippen LogP contribution in [0.1, 0.15) is 19.3 Å². The maximum atomic E-state index is 13.6. The molecule has 0 unspecified atom stereocenters. The van der Waals surface area contributed by atoms with Gasteiger partial charge in [0.1, 0.15) is 0 Å². The van der Waals surface area contributed by atoms with Crippen LogP contribution in [0.25, 0.3) is 0 Å². The fourth-order valence-corrected chi connectivity index (χ4v) is 1.61. The summed E-state index contributed by atoms with van der Waals surface area (Å²) in [5, 5.41) is 21.9. The van der Waals surface area contributed by atoms with Gasteiger partial charge in [-0.25, -0.2) is 4.39 Å². The molecule has 1 rings (SSSR count). The van der Waals surface area contributed by atoms with Crippen molar-refractivity contribution in [3.05, 3.63) is 28.1 Å². The number of nitro benzene ring substituents is 1. The van der Waals surface area contributed by atoms with E-state index in [1.165, 1.54) is 13.2 Å². The van der Waals surface area contributed by atoms with E-state index in [0.29, 0.717) is 19.4 Å². The van der Waals surface area contributed by atoms with E-state index in [-0.39, 0.29) is 17.9 Å². The highest BCUT2D eigenvalue weighted by Crippen LogP contribution is 2.32. The Hall–Kier alpha value is -2.38. The van der Waals surface area contributed by atoms with Crippen LogP contribution in [0.3, 0.4) is 0 Å². The summed E-state index contributed by atoms with van der Waals surface area (Å²) in [7, 11) is 1.26. The number of carbonyl (C=O) groups is 1. The average Bonchev–Trinajstić information content (AvgIpc) is 2.39. The summed E-state index contributed by atoms with van der Waals surface area (Å²) < 4.78 is 18.5. The van der Waals surface area contributed by atoms with Crippen molar-refractivity contribution in [2.24, 2.45) is 0 Å². The SMILES string of the molecule is COc1cc(NCCCCC(=O)O)c(F)cc1[N+](=O)[O-]. The number of benzene rings is 1. The molecule has 1 aromatic rings. The number of hydrogen-bond acceptors (Lipinski definition) is 5. The number of hydrogen-bond donors (Lipinski definition) is 2. The number of aliphatic carboxylic acids is 1. The largest absolute Gasteiger partial charge is 0.490 e. The molecule has 0 fully saturated rings. The standard InChI is InChI=1S/C12H15FN2O5/c1-20-11-7-9(8(13)6-10(11)15(18)19)14-5-3-2-4-12(16)17/h6-7,14H,2-5H2,1H3,(H,16,17). The molecule has 0 bridgehead atoms. The Morgan fingerprint density at radius 2 is 2.20 bits per heavy atom. The molecule has 0 aliphatic heterocycles. The smallest absolute Gasteiger partial charge is 0.313 e. The zero-order chi connectivity index (χ0) is 15.1. The fraction of sp³-hybridized carbons (Fsp3) is 0.417. The average molecular weight is 286 g/mol. The summed E-state index contributed by atoms with van der Waals surface area (Å²) in [6.07, 6.45) is 1.06. The van der Waals surface area contributed by atoms with Crippen molar-refractivity contribution in [3.63, 3.8) is 0 Å². The number of carboxylic acids is 1. The quantitative estimate of drug-likeness (QED) is 0.432. The molecule has 20 heavy (non-hydrogen) atoms. The zero-order valence-electron chi connectivity index (χ0n) is 10.9. The Balaban J connectivity index is 2.66. The van der Waals surface area contributed by atoms with Crippen LogP contribution in [-0.4, -0.2) is 29.7 Å². The van der Waals surface area contributed by atoms with Gasteiger partial charge in [0, 0.05) is 19.0 Å². The number of rotatable bonds is 8. The van der Waals surface area contributed by atoms with Crippen LogP contribution in [0.5, 0.6) is 5.75 Å². The second-order valence-electron chi connectivity index (χ2n) is 4.04. The maximum absolute atomic E-state index is 13.6. The van der Waals surface area contributed by atoms with Crippen molar-refractivity contribution in [3.8, 4) is 5.75 Å². The van der Waals surface area contributed by atoms with Crippen LogP contribution < -0.4 is 10.1 Å². The summed E-state index contributed by atoms with van der Waals surface area (Å²) in [4.78, 5) is 20.3. The van der Waals surface area contributed by atoms with Gasteiger partial charge in [0.2, 0.25) is 0 Å². The van der Waals surface area contributed by atoms with Gasteiger partial charge < -0.3 is 15.2 Å². The highest BCUT2D eigenvalue weighted by atomic mass is 19.1. The maximum Gasteiger partial charge on any atom is 0.313 e. The Bertz CT molecular complexity index is 507. The first kappa shape index (κ1) is 15.7. The summed E-state index contributed by atoms with van der Waals surface area (Å²) in [6, 6.07) is 2.00. The molecular formula is C12H15FN2O5. The van der Waals surface area contributed by atoms with E-state index < -0.39 is 22.4 Å². The molecule has 0 radical (unpaired) electrons. The van der Waals surface area contributed by atoms with E-state index in [4.69, 9.17) is 9.84 Å². The fourth-order valence-electron chi connectivity index (χ4n) is 1.61. The van der Waals surface area contributed by atoms with Crippen LogP contribution in [0.15, 0.2) is 12.1 Å². The Labute approximate surface area is 114 Å². The lowest BCUT2D eigenvalue weighted by molar-refractivity contribution is -0.385. The van der Waals surface area contributed by atoms with Crippen molar-refractivity contribution in [2.45, 2.75) is 19.3 Å². The summed E-state index contributed by atoms with van der Waals surface area (Å²) in [5.41, 5.74) is -0.357. The van der Waals surface area contributed by atoms with Crippen LogP contribution in [0, 0.1) is 15.9 Å². The molecule has 0 atom stereocenters. The molecule has 0 aromatic heterocycles. The number of nitrogens with one attached hydrogen (secondary N) is 1. The lowest BCUT2D eigenvalue weighted by atomic mass is 10.2. The number of ether oxygens (including phenoxy) is 1. The van der Waals surface area contributed by atoms with E-state index >= 15 is 0 Å². The van der Waals surface area contributed by atoms with E-state index in [2.05, 4.69) is 5.32 Å². The zero-order valence-corrected chi connectivity index (χ0v) is 10.9. The third-order valence-electron chi connectivity index (χ3n) is 2.60. The third kappa shape index (κ3) is 4.38. The third-order valence-corrected chi connectivity index (χ3v) is 2.60. The molecule has 0 spiro atoms. The first-order chi connectivity index (χ1) is 9.45. The number of unbranched alkanes of at least 4 members (excludes halogenated alkanes) is 1. The van der Waals surface area contributed by atoms with Crippen LogP contribution >= 0.6 is 0 Å². The number of anilines is 1. The lowest BCUT2D eigenvalue weighted by Gasteiger charge is -2.09. The second-order valence-corrected chi connectivity index (χ2v) is 4.04. The Kier molecular flexibility index (Phi) is 5.70. The van der Waals surface area contributed by atoms with Crippen molar-refractivity contribution < 1.29 is 24.0 Å².